The van der Waals surface area contributed by atoms with Crippen molar-refractivity contribution in [3.8, 4) is 5.75 Å². The van der Waals surface area contributed by atoms with Crippen LogP contribution in [0.25, 0.3) is 0 Å². The molecule has 1 heterocycles. The number of ether oxygens (including phenoxy) is 2. The summed E-state index contributed by atoms with van der Waals surface area (Å²) >= 11 is 0. The van der Waals surface area contributed by atoms with E-state index in [1.54, 1.807) is 19.1 Å². The molecule has 0 aliphatic carbocycles. The first-order valence-electron chi connectivity index (χ1n) is 8.11. The van der Waals surface area contributed by atoms with Crippen LogP contribution in [0.15, 0.2) is 18.2 Å². The largest absolute Gasteiger partial charge is 0.484 e. The minimum Gasteiger partial charge on any atom is -0.484 e. The Kier molecular flexibility index (Phi) is 8.17. The van der Waals surface area contributed by atoms with Crippen LogP contribution >= 0.6 is 12.4 Å². The molecular weight excluding hydrogens is 373 g/mol. The zero-order valence-corrected chi connectivity index (χ0v) is 15.3. The number of nitrogens with one attached hydrogen (secondary N) is 1. The van der Waals surface area contributed by atoms with Crippen LogP contribution in [-0.4, -0.2) is 38.4 Å². The summed E-state index contributed by atoms with van der Waals surface area (Å²) in [6, 6.07) is 4.94. The summed E-state index contributed by atoms with van der Waals surface area (Å²) in [6.07, 6.45) is -3.36. The minimum absolute atomic E-state index is 0. The number of hydrogen-bond acceptors (Lipinski definition) is 4. The van der Waals surface area contributed by atoms with Crippen molar-refractivity contribution in [2.75, 3.05) is 26.4 Å². The van der Waals surface area contributed by atoms with Gasteiger partial charge in [0.15, 0.2) is 6.61 Å². The average molecular weight is 397 g/mol. The van der Waals surface area contributed by atoms with Gasteiger partial charge in [-0.15, -0.1) is 12.4 Å². The maximum Gasteiger partial charge on any atom is 0.422 e. The van der Waals surface area contributed by atoms with Gasteiger partial charge >= 0.3 is 6.18 Å². The van der Waals surface area contributed by atoms with Gasteiger partial charge in [0.2, 0.25) is 5.91 Å². The fourth-order valence-corrected chi connectivity index (χ4v) is 2.75. The molecule has 1 aliphatic heterocycles. The van der Waals surface area contributed by atoms with Gasteiger partial charge in [-0.25, -0.2) is 0 Å². The van der Waals surface area contributed by atoms with Crippen molar-refractivity contribution < 1.29 is 27.4 Å². The Bertz CT molecular complexity index is 605. The number of aryl methyl sites for hydroxylation is 1. The molecule has 0 saturated carbocycles. The lowest BCUT2D eigenvalue weighted by Crippen LogP contribution is -2.49. The number of rotatable bonds is 6. The third-order valence-corrected chi connectivity index (χ3v) is 4.38. The first-order chi connectivity index (χ1) is 11.8. The summed E-state index contributed by atoms with van der Waals surface area (Å²) in [6.45, 7) is 1.60. The van der Waals surface area contributed by atoms with Crippen LogP contribution in [0.2, 0.25) is 0 Å². The highest BCUT2D eigenvalue weighted by Crippen LogP contribution is 2.30. The molecule has 0 aromatic heterocycles. The Balaban J connectivity index is 0.00000338. The van der Waals surface area contributed by atoms with Crippen molar-refractivity contribution in [2.45, 2.75) is 32.5 Å². The van der Waals surface area contributed by atoms with Crippen LogP contribution in [0, 0.1) is 12.3 Å². The minimum atomic E-state index is -4.42. The first-order valence-corrected chi connectivity index (χ1v) is 8.11. The van der Waals surface area contributed by atoms with Crippen molar-refractivity contribution in [1.29, 1.82) is 0 Å². The van der Waals surface area contributed by atoms with Gasteiger partial charge in [-0.1, -0.05) is 12.1 Å². The first kappa shape index (κ1) is 22.5. The van der Waals surface area contributed by atoms with E-state index in [1.807, 2.05) is 0 Å². The maximum absolute atomic E-state index is 12.6. The number of carbonyl (C=O) groups is 1. The molecule has 3 N–H and O–H groups in total. The third kappa shape index (κ3) is 6.03. The SMILES string of the molecule is Cc1ccc(CNC(=O)C2(CN)CCOCC2)c(OCC(F)(F)F)c1.Cl. The lowest BCUT2D eigenvalue weighted by atomic mass is 9.79. The zero-order valence-electron chi connectivity index (χ0n) is 14.5. The van der Waals surface area contributed by atoms with E-state index < -0.39 is 18.2 Å². The summed E-state index contributed by atoms with van der Waals surface area (Å²) in [5.41, 5.74) is 6.36. The van der Waals surface area contributed by atoms with Gasteiger partial charge in [-0.2, -0.15) is 13.2 Å². The van der Waals surface area contributed by atoms with Crippen LogP contribution in [0.5, 0.6) is 5.75 Å². The molecule has 1 saturated heterocycles. The predicted octanol–water partition coefficient (Wildman–Crippen LogP) is 2.73. The van der Waals surface area contributed by atoms with Gasteiger partial charge in [0, 0.05) is 31.9 Å². The number of hydrogen-bond donors (Lipinski definition) is 2. The highest BCUT2D eigenvalue weighted by Gasteiger charge is 2.38. The Morgan fingerprint density at radius 3 is 2.58 bits per heavy atom. The number of amides is 1. The summed E-state index contributed by atoms with van der Waals surface area (Å²) in [4.78, 5) is 12.6. The molecule has 1 aromatic carbocycles. The summed E-state index contributed by atoms with van der Waals surface area (Å²) in [5, 5.41) is 2.78. The molecular formula is C17H24ClF3N2O3. The second kappa shape index (κ2) is 9.43. The van der Waals surface area contributed by atoms with E-state index >= 15 is 0 Å². The number of nitrogens with two attached hydrogens (primary N) is 1. The van der Waals surface area contributed by atoms with Crippen molar-refractivity contribution in [2.24, 2.45) is 11.1 Å². The van der Waals surface area contributed by atoms with E-state index in [2.05, 4.69) is 5.32 Å². The highest BCUT2D eigenvalue weighted by atomic mass is 35.5. The summed E-state index contributed by atoms with van der Waals surface area (Å²) in [5.74, 6) is -0.0907. The van der Waals surface area contributed by atoms with Crippen LogP contribution in [0.4, 0.5) is 13.2 Å². The molecule has 26 heavy (non-hydrogen) atoms. The van der Waals surface area contributed by atoms with Gasteiger partial charge in [-0.3, -0.25) is 4.79 Å². The molecule has 0 radical (unpaired) electrons. The highest BCUT2D eigenvalue weighted by molar-refractivity contribution is 5.85. The lowest BCUT2D eigenvalue weighted by molar-refractivity contribution is -0.153. The second-order valence-corrected chi connectivity index (χ2v) is 6.29. The normalized spacial score (nSPS) is 16.5. The van der Waals surface area contributed by atoms with Crippen molar-refractivity contribution in [1.82, 2.24) is 5.32 Å². The Hall–Kier alpha value is -1.51. The third-order valence-electron chi connectivity index (χ3n) is 4.38. The fraction of sp³-hybridized carbons (Fsp3) is 0.588. The molecule has 2 rings (SSSR count). The molecule has 0 spiro atoms. The monoisotopic (exact) mass is 396 g/mol. The predicted molar refractivity (Wildman–Crippen MR) is 93.4 cm³/mol. The van der Waals surface area contributed by atoms with Gasteiger partial charge in [0.1, 0.15) is 5.75 Å². The fourth-order valence-electron chi connectivity index (χ4n) is 2.75. The molecule has 5 nitrogen and oxygen atoms in total. The van der Waals surface area contributed by atoms with Gasteiger partial charge in [0.05, 0.1) is 5.41 Å². The summed E-state index contributed by atoms with van der Waals surface area (Å²) < 4.78 is 47.4. The number of carbonyl (C=O) groups excluding carboxylic acids is 1. The zero-order chi connectivity index (χ0) is 18.5. The quantitative estimate of drug-likeness (QED) is 0.775. The molecule has 148 valence electrons. The molecule has 1 fully saturated rings. The van der Waals surface area contributed by atoms with Gasteiger partial charge < -0.3 is 20.5 Å². The van der Waals surface area contributed by atoms with E-state index in [4.69, 9.17) is 15.2 Å². The molecule has 0 unspecified atom stereocenters. The Labute approximate surface area is 156 Å². The van der Waals surface area contributed by atoms with E-state index in [1.165, 1.54) is 6.07 Å². The molecule has 0 bridgehead atoms. The average Bonchev–Trinajstić information content (AvgIpc) is 2.58. The number of halogens is 4. The Morgan fingerprint density at radius 1 is 1.35 bits per heavy atom. The van der Waals surface area contributed by atoms with E-state index in [9.17, 15) is 18.0 Å². The van der Waals surface area contributed by atoms with Crippen molar-refractivity contribution in [3.63, 3.8) is 0 Å². The molecule has 1 aliphatic rings. The van der Waals surface area contributed by atoms with Crippen LogP contribution in [-0.2, 0) is 16.1 Å². The molecule has 1 aromatic rings. The van der Waals surface area contributed by atoms with E-state index in [-0.39, 0.29) is 37.2 Å². The Morgan fingerprint density at radius 2 is 2.00 bits per heavy atom. The second-order valence-electron chi connectivity index (χ2n) is 6.29. The molecule has 0 atom stereocenters. The summed E-state index contributed by atoms with van der Waals surface area (Å²) in [7, 11) is 0. The standard InChI is InChI=1S/C17H23F3N2O3.ClH/c1-12-2-3-13(14(8-12)25-11-17(18,19)20)9-22-15(23)16(10-21)4-6-24-7-5-16;/h2-3,8H,4-7,9-11,21H2,1H3,(H,22,23);1H. The van der Waals surface area contributed by atoms with Crippen molar-refractivity contribution in [3.05, 3.63) is 29.3 Å². The van der Waals surface area contributed by atoms with Crippen LogP contribution in [0.1, 0.15) is 24.0 Å². The van der Waals surface area contributed by atoms with Crippen LogP contribution < -0.4 is 15.8 Å². The number of benzene rings is 1. The smallest absolute Gasteiger partial charge is 0.422 e. The van der Waals surface area contributed by atoms with E-state index in [0.29, 0.717) is 31.6 Å². The maximum atomic E-state index is 12.6. The molecule has 1 amide bonds. The number of alkyl halides is 3. The van der Waals surface area contributed by atoms with Gasteiger partial charge in [0.25, 0.3) is 0 Å². The van der Waals surface area contributed by atoms with E-state index in [0.717, 1.165) is 5.56 Å². The topological polar surface area (TPSA) is 73.6 Å². The molecule has 9 heteroatoms. The van der Waals surface area contributed by atoms with Crippen molar-refractivity contribution >= 4 is 18.3 Å². The van der Waals surface area contributed by atoms with Gasteiger partial charge in [-0.05, 0) is 31.4 Å². The lowest BCUT2D eigenvalue weighted by Gasteiger charge is -2.34. The van der Waals surface area contributed by atoms with Crippen LogP contribution in [0.3, 0.4) is 0 Å².